The molecule has 0 aliphatic heterocycles. The third kappa shape index (κ3) is 3.32. The third-order valence-electron chi connectivity index (χ3n) is 3.04. The molecule has 0 radical (unpaired) electrons. The number of benzene rings is 1. The molecule has 0 bridgehead atoms. The molecule has 2 aromatic heterocycles. The van der Waals surface area contributed by atoms with Crippen molar-refractivity contribution < 1.29 is 9.84 Å². The molecule has 1 aromatic carbocycles. The first kappa shape index (κ1) is 13.4. The molecule has 2 heterocycles. The van der Waals surface area contributed by atoms with Crippen molar-refractivity contribution in [2.45, 2.75) is 25.9 Å². The minimum Gasteiger partial charge on any atom is -0.438 e. The van der Waals surface area contributed by atoms with Gasteiger partial charge >= 0.3 is 0 Å². The highest BCUT2D eigenvalue weighted by atomic mass is 16.5. The van der Waals surface area contributed by atoms with E-state index in [1.807, 2.05) is 24.3 Å². The number of aryl methyl sites for hydroxylation is 1. The molecule has 1 N–H and O–H groups in total. The van der Waals surface area contributed by atoms with Crippen LogP contribution in [0.15, 0.2) is 36.4 Å². The summed E-state index contributed by atoms with van der Waals surface area (Å²) in [4.78, 5) is 0. The fourth-order valence-corrected chi connectivity index (χ4v) is 1.91. The lowest BCUT2D eigenvalue weighted by atomic mass is 10.1. The molecule has 7 nitrogen and oxygen atoms in total. The normalized spacial score (nSPS) is 12.5. The molecule has 3 rings (SSSR count). The van der Waals surface area contributed by atoms with Gasteiger partial charge < -0.3 is 9.84 Å². The first-order valence-electron chi connectivity index (χ1n) is 6.71. The minimum absolute atomic E-state index is 0.284. The van der Waals surface area contributed by atoms with Crippen molar-refractivity contribution in [2.24, 2.45) is 0 Å². The molecular formula is C14H15N5O2. The van der Waals surface area contributed by atoms with Crippen molar-refractivity contribution in [2.75, 3.05) is 0 Å². The standard InChI is InChI=1S/C14H15N5O2/c1-10(20)2-3-11-4-6-12(7-5-11)21-14-9-8-13-15-17-18-19(13)16-14/h4-10,20H,2-3H2,1H3/t10-/m0/s1. The average molecular weight is 285 g/mol. The van der Waals surface area contributed by atoms with Gasteiger partial charge in [-0.15, -0.1) is 14.8 Å². The highest BCUT2D eigenvalue weighted by molar-refractivity contribution is 5.36. The third-order valence-corrected chi connectivity index (χ3v) is 3.04. The largest absolute Gasteiger partial charge is 0.438 e. The molecule has 108 valence electrons. The van der Waals surface area contributed by atoms with Crippen LogP contribution in [0.3, 0.4) is 0 Å². The van der Waals surface area contributed by atoms with Crippen LogP contribution < -0.4 is 4.74 Å². The van der Waals surface area contributed by atoms with E-state index < -0.39 is 0 Å². The Labute approximate surface area is 121 Å². The van der Waals surface area contributed by atoms with E-state index in [4.69, 9.17) is 4.74 Å². The first-order chi connectivity index (χ1) is 10.2. The molecule has 0 fully saturated rings. The van der Waals surface area contributed by atoms with E-state index in [1.54, 1.807) is 19.1 Å². The molecule has 7 heteroatoms. The predicted octanol–water partition coefficient (Wildman–Crippen LogP) is 1.62. The van der Waals surface area contributed by atoms with Crippen LogP contribution in [-0.2, 0) is 6.42 Å². The number of nitrogens with zero attached hydrogens (tertiary/aromatic N) is 5. The lowest BCUT2D eigenvalue weighted by Gasteiger charge is -2.07. The van der Waals surface area contributed by atoms with E-state index in [9.17, 15) is 5.11 Å². The number of aromatic nitrogens is 5. The summed E-state index contributed by atoms with van der Waals surface area (Å²) in [5.74, 6) is 1.11. The number of aliphatic hydroxyl groups excluding tert-OH is 1. The second kappa shape index (κ2) is 5.84. The number of ether oxygens (including phenoxy) is 1. The number of tetrazole rings is 1. The Kier molecular flexibility index (Phi) is 3.74. The van der Waals surface area contributed by atoms with E-state index in [0.717, 1.165) is 18.4 Å². The Morgan fingerprint density at radius 1 is 1.19 bits per heavy atom. The van der Waals surface area contributed by atoms with Gasteiger partial charge in [-0.05, 0) is 54.0 Å². The van der Waals surface area contributed by atoms with Gasteiger partial charge in [-0.2, -0.15) is 0 Å². The Hall–Kier alpha value is -2.54. The van der Waals surface area contributed by atoms with Gasteiger partial charge in [-0.1, -0.05) is 12.1 Å². The van der Waals surface area contributed by atoms with Crippen molar-refractivity contribution in [3.8, 4) is 11.6 Å². The smallest absolute Gasteiger partial charge is 0.239 e. The number of hydrogen-bond acceptors (Lipinski definition) is 6. The molecular weight excluding hydrogens is 270 g/mol. The maximum atomic E-state index is 9.28. The van der Waals surface area contributed by atoms with Crippen molar-refractivity contribution in [1.29, 1.82) is 0 Å². The first-order valence-corrected chi connectivity index (χ1v) is 6.71. The lowest BCUT2D eigenvalue weighted by molar-refractivity contribution is 0.185. The fraction of sp³-hybridized carbons (Fsp3) is 0.286. The van der Waals surface area contributed by atoms with Crippen LogP contribution >= 0.6 is 0 Å². The summed E-state index contributed by atoms with van der Waals surface area (Å²) in [6, 6.07) is 11.2. The topological polar surface area (TPSA) is 85.4 Å². The number of hydrogen-bond donors (Lipinski definition) is 1. The monoisotopic (exact) mass is 285 g/mol. The van der Waals surface area contributed by atoms with Crippen LogP contribution in [0.2, 0.25) is 0 Å². The molecule has 0 spiro atoms. The fourth-order valence-electron chi connectivity index (χ4n) is 1.91. The summed E-state index contributed by atoms with van der Waals surface area (Å²) in [6.07, 6.45) is 1.30. The highest BCUT2D eigenvalue weighted by Gasteiger charge is 2.04. The van der Waals surface area contributed by atoms with Gasteiger partial charge in [0.25, 0.3) is 0 Å². The van der Waals surface area contributed by atoms with E-state index in [0.29, 0.717) is 17.3 Å². The summed E-state index contributed by atoms with van der Waals surface area (Å²) >= 11 is 0. The van der Waals surface area contributed by atoms with Crippen LogP contribution in [0.5, 0.6) is 11.6 Å². The molecule has 3 aromatic rings. The zero-order valence-corrected chi connectivity index (χ0v) is 11.5. The summed E-state index contributed by atoms with van der Waals surface area (Å²) in [6.45, 7) is 1.79. The number of rotatable bonds is 5. The van der Waals surface area contributed by atoms with Crippen LogP contribution in [-0.4, -0.2) is 36.5 Å². The maximum Gasteiger partial charge on any atom is 0.239 e. The Morgan fingerprint density at radius 2 is 2.00 bits per heavy atom. The average Bonchev–Trinajstić information content (AvgIpc) is 2.94. The van der Waals surface area contributed by atoms with Crippen molar-refractivity contribution in [3.63, 3.8) is 0 Å². The maximum absolute atomic E-state index is 9.28. The Balaban J connectivity index is 1.69. The Morgan fingerprint density at radius 3 is 2.76 bits per heavy atom. The minimum atomic E-state index is -0.284. The molecule has 0 amide bonds. The van der Waals surface area contributed by atoms with Gasteiger partial charge in [0, 0.05) is 6.07 Å². The lowest BCUT2D eigenvalue weighted by Crippen LogP contribution is -2.01. The Bertz CT molecular complexity index is 724. The number of fused-ring (bicyclic) bond motifs is 1. The summed E-state index contributed by atoms with van der Waals surface area (Å²) < 4.78 is 6.97. The van der Waals surface area contributed by atoms with E-state index in [2.05, 4.69) is 20.6 Å². The molecule has 0 saturated heterocycles. The molecule has 0 unspecified atom stereocenters. The zero-order chi connectivity index (χ0) is 14.7. The van der Waals surface area contributed by atoms with Crippen molar-refractivity contribution in [3.05, 3.63) is 42.0 Å². The van der Waals surface area contributed by atoms with Gasteiger partial charge in [0.15, 0.2) is 5.65 Å². The quantitative estimate of drug-likeness (QED) is 0.766. The number of aliphatic hydroxyl groups is 1. The summed E-state index contributed by atoms with van der Waals surface area (Å²) in [7, 11) is 0. The second-order valence-electron chi connectivity index (χ2n) is 4.83. The van der Waals surface area contributed by atoms with E-state index in [-0.39, 0.29) is 6.10 Å². The van der Waals surface area contributed by atoms with Crippen LogP contribution in [0.25, 0.3) is 5.65 Å². The molecule has 0 saturated carbocycles. The van der Waals surface area contributed by atoms with Gasteiger partial charge in [0.2, 0.25) is 5.88 Å². The van der Waals surface area contributed by atoms with Gasteiger partial charge in [0.1, 0.15) is 5.75 Å². The van der Waals surface area contributed by atoms with Gasteiger partial charge in [0.05, 0.1) is 6.10 Å². The zero-order valence-electron chi connectivity index (χ0n) is 11.5. The molecule has 0 aliphatic rings. The van der Waals surface area contributed by atoms with E-state index >= 15 is 0 Å². The van der Waals surface area contributed by atoms with Gasteiger partial charge in [-0.25, -0.2) is 0 Å². The van der Waals surface area contributed by atoms with E-state index in [1.165, 1.54) is 4.63 Å². The van der Waals surface area contributed by atoms with Crippen LogP contribution in [0.4, 0.5) is 0 Å². The van der Waals surface area contributed by atoms with Crippen LogP contribution in [0, 0.1) is 0 Å². The van der Waals surface area contributed by atoms with Gasteiger partial charge in [-0.3, -0.25) is 0 Å². The predicted molar refractivity (Wildman–Crippen MR) is 75.1 cm³/mol. The molecule has 1 atom stereocenters. The molecule has 0 aliphatic carbocycles. The summed E-state index contributed by atoms with van der Waals surface area (Å²) in [5, 5.41) is 24.4. The van der Waals surface area contributed by atoms with Crippen LogP contribution in [0.1, 0.15) is 18.9 Å². The van der Waals surface area contributed by atoms with Crippen molar-refractivity contribution >= 4 is 5.65 Å². The SMILES string of the molecule is C[C@H](O)CCc1ccc(Oc2ccc3nnnn3n2)cc1. The van der Waals surface area contributed by atoms with Crippen molar-refractivity contribution in [1.82, 2.24) is 25.3 Å². The second-order valence-corrected chi connectivity index (χ2v) is 4.83. The molecule has 21 heavy (non-hydrogen) atoms. The summed E-state index contributed by atoms with van der Waals surface area (Å²) in [5.41, 5.74) is 1.72. The highest BCUT2D eigenvalue weighted by Crippen LogP contribution is 2.20.